The van der Waals surface area contributed by atoms with Crippen LogP contribution in [-0.4, -0.2) is 23.0 Å². The van der Waals surface area contributed by atoms with Gasteiger partial charge in [-0.3, -0.25) is 4.79 Å². The van der Waals surface area contributed by atoms with E-state index in [2.05, 4.69) is 21.0 Å². The molecule has 1 aromatic heterocycles. The fourth-order valence-corrected chi connectivity index (χ4v) is 4.42. The lowest BCUT2D eigenvalue weighted by molar-refractivity contribution is 0.284. The van der Waals surface area contributed by atoms with Crippen LogP contribution in [-0.2, 0) is 6.61 Å². The molecule has 186 valence electrons. The normalized spacial score (nSPS) is 12.3. The maximum absolute atomic E-state index is 13.5. The van der Waals surface area contributed by atoms with Gasteiger partial charge in [0.1, 0.15) is 12.4 Å². The van der Waals surface area contributed by atoms with Crippen molar-refractivity contribution < 1.29 is 9.47 Å². The summed E-state index contributed by atoms with van der Waals surface area (Å²) in [5.74, 6) is 1.44. The minimum absolute atomic E-state index is 0.00716. The van der Waals surface area contributed by atoms with Gasteiger partial charge < -0.3 is 9.47 Å². The molecule has 0 aliphatic carbocycles. The molecule has 0 saturated carbocycles. The van der Waals surface area contributed by atoms with Crippen LogP contribution in [0.3, 0.4) is 0 Å². The number of nitrogens with zero attached hydrogens (tertiary/aromatic N) is 3. The van der Waals surface area contributed by atoms with Crippen molar-refractivity contribution in [2.75, 3.05) is 7.11 Å². The Morgan fingerprint density at radius 1 is 1.17 bits per heavy atom. The topological polar surface area (TPSA) is 65.7 Å². The SMILES string of the molecule is CC[C@H](C)c1nc2ccc(Br)cc2c(=O)n1N=Cc1cc(Cl)cc(OC)c1OCc1ccccc1Cl. The van der Waals surface area contributed by atoms with Crippen molar-refractivity contribution in [1.29, 1.82) is 0 Å². The predicted octanol–water partition coefficient (Wildman–Crippen LogP) is 7.45. The summed E-state index contributed by atoms with van der Waals surface area (Å²) in [4.78, 5) is 18.2. The molecule has 9 heteroatoms. The highest BCUT2D eigenvalue weighted by Gasteiger charge is 2.17. The van der Waals surface area contributed by atoms with Gasteiger partial charge in [0, 0.05) is 37.6 Å². The lowest BCUT2D eigenvalue weighted by atomic mass is 10.1. The van der Waals surface area contributed by atoms with E-state index >= 15 is 0 Å². The molecule has 1 atom stereocenters. The highest BCUT2D eigenvalue weighted by atomic mass is 79.9. The summed E-state index contributed by atoms with van der Waals surface area (Å²) >= 11 is 16.1. The number of ether oxygens (including phenoxy) is 2. The third-order valence-corrected chi connectivity index (χ3v) is 6.88. The van der Waals surface area contributed by atoms with Crippen LogP contribution in [0, 0.1) is 0 Å². The van der Waals surface area contributed by atoms with Gasteiger partial charge in [-0.2, -0.15) is 9.78 Å². The Bertz CT molecular complexity index is 1500. The van der Waals surface area contributed by atoms with Gasteiger partial charge in [0.2, 0.25) is 0 Å². The van der Waals surface area contributed by atoms with E-state index in [1.54, 1.807) is 24.3 Å². The van der Waals surface area contributed by atoms with Crippen LogP contribution in [0.5, 0.6) is 11.5 Å². The van der Waals surface area contributed by atoms with Crippen molar-refractivity contribution in [3.63, 3.8) is 0 Å². The fraction of sp³-hybridized carbons (Fsp3) is 0.222. The molecule has 0 fully saturated rings. The lowest BCUT2D eigenvalue weighted by Gasteiger charge is -2.16. The Hall–Kier alpha value is -2.87. The summed E-state index contributed by atoms with van der Waals surface area (Å²) in [5, 5.41) is 6.06. The van der Waals surface area contributed by atoms with E-state index in [-0.39, 0.29) is 18.1 Å². The number of benzene rings is 3. The van der Waals surface area contributed by atoms with Gasteiger partial charge in [0.05, 0.1) is 24.2 Å². The van der Waals surface area contributed by atoms with Crippen molar-refractivity contribution in [2.45, 2.75) is 32.8 Å². The summed E-state index contributed by atoms with van der Waals surface area (Å²) in [7, 11) is 1.53. The number of aromatic nitrogens is 2. The predicted molar refractivity (Wildman–Crippen MR) is 149 cm³/mol. The molecule has 0 saturated heterocycles. The van der Waals surface area contributed by atoms with Crippen LogP contribution in [0.4, 0.5) is 0 Å². The second-order valence-corrected chi connectivity index (χ2v) is 9.97. The van der Waals surface area contributed by atoms with Crippen LogP contribution in [0.25, 0.3) is 10.9 Å². The molecule has 0 unspecified atom stereocenters. The Kier molecular flexibility index (Phi) is 8.34. The molecule has 36 heavy (non-hydrogen) atoms. The first-order valence-electron chi connectivity index (χ1n) is 11.3. The molecule has 0 bridgehead atoms. The molecule has 0 aliphatic heterocycles. The largest absolute Gasteiger partial charge is 0.493 e. The zero-order valence-electron chi connectivity index (χ0n) is 20.0. The third-order valence-electron chi connectivity index (χ3n) is 5.80. The molecule has 0 spiro atoms. The summed E-state index contributed by atoms with van der Waals surface area (Å²) in [5.41, 5.74) is 1.72. The molecule has 4 rings (SSSR count). The van der Waals surface area contributed by atoms with Gasteiger partial charge in [-0.05, 0) is 36.8 Å². The monoisotopic (exact) mass is 587 g/mol. The molecular weight excluding hydrogens is 565 g/mol. The molecule has 4 aromatic rings. The fourth-order valence-electron chi connectivity index (χ4n) is 3.66. The Morgan fingerprint density at radius 2 is 1.94 bits per heavy atom. The van der Waals surface area contributed by atoms with Crippen molar-refractivity contribution in [3.05, 3.63) is 96.4 Å². The van der Waals surface area contributed by atoms with E-state index < -0.39 is 0 Å². The van der Waals surface area contributed by atoms with Gasteiger partial charge >= 0.3 is 0 Å². The van der Waals surface area contributed by atoms with Gasteiger partial charge in [0.15, 0.2) is 11.5 Å². The van der Waals surface area contributed by atoms with Crippen LogP contribution in [0.2, 0.25) is 10.0 Å². The van der Waals surface area contributed by atoms with E-state index in [0.29, 0.717) is 43.8 Å². The van der Waals surface area contributed by atoms with Crippen molar-refractivity contribution in [1.82, 2.24) is 9.66 Å². The van der Waals surface area contributed by atoms with Gasteiger partial charge in [-0.25, -0.2) is 4.98 Å². The van der Waals surface area contributed by atoms with E-state index in [1.165, 1.54) is 18.0 Å². The minimum Gasteiger partial charge on any atom is -0.493 e. The molecule has 0 radical (unpaired) electrons. The smallest absolute Gasteiger partial charge is 0.282 e. The van der Waals surface area contributed by atoms with Gasteiger partial charge in [-0.15, -0.1) is 0 Å². The second-order valence-electron chi connectivity index (χ2n) is 8.21. The molecule has 0 amide bonds. The van der Waals surface area contributed by atoms with E-state index in [9.17, 15) is 4.79 Å². The zero-order chi connectivity index (χ0) is 25.8. The lowest BCUT2D eigenvalue weighted by Crippen LogP contribution is -2.23. The number of fused-ring (bicyclic) bond motifs is 1. The van der Waals surface area contributed by atoms with E-state index in [4.69, 9.17) is 37.7 Å². The highest BCUT2D eigenvalue weighted by molar-refractivity contribution is 9.10. The number of hydrogen-bond donors (Lipinski definition) is 0. The average molecular weight is 589 g/mol. The first-order valence-corrected chi connectivity index (χ1v) is 12.9. The molecule has 0 N–H and O–H groups in total. The molecule has 1 heterocycles. The molecule has 0 aliphatic rings. The Balaban J connectivity index is 1.82. The molecule has 3 aromatic carbocycles. The van der Waals surface area contributed by atoms with Crippen molar-refractivity contribution >= 4 is 56.2 Å². The van der Waals surface area contributed by atoms with E-state index in [1.807, 2.05) is 44.2 Å². The van der Waals surface area contributed by atoms with Gasteiger partial charge in [-0.1, -0.05) is 71.2 Å². The number of methoxy groups -OCH3 is 1. The molecule has 6 nitrogen and oxygen atoms in total. The standard InChI is InChI=1S/C27H24BrCl2N3O3/c1-4-16(2)26-32-23-10-9-19(28)12-21(23)27(34)33(26)31-14-18-11-20(29)13-24(35-3)25(18)36-15-17-7-5-6-8-22(17)30/h5-14,16H,4,15H2,1-3H3/t16-/m0/s1. The number of rotatable bonds is 8. The summed E-state index contributed by atoms with van der Waals surface area (Å²) in [6, 6.07) is 16.2. The average Bonchev–Trinajstić information content (AvgIpc) is 2.87. The quantitative estimate of drug-likeness (QED) is 0.200. The molecular formula is C27H24BrCl2N3O3. The zero-order valence-corrected chi connectivity index (χ0v) is 23.1. The summed E-state index contributed by atoms with van der Waals surface area (Å²) in [6.07, 6.45) is 2.33. The van der Waals surface area contributed by atoms with Crippen LogP contribution >= 0.6 is 39.1 Å². The Morgan fingerprint density at radius 3 is 2.67 bits per heavy atom. The number of hydrogen-bond acceptors (Lipinski definition) is 5. The first kappa shape index (κ1) is 26.2. The Labute approximate surface area is 227 Å². The van der Waals surface area contributed by atoms with Crippen LogP contribution in [0.15, 0.2) is 69.0 Å². The minimum atomic E-state index is -0.264. The second kappa shape index (κ2) is 11.5. The van der Waals surface area contributed by atoms with Crippen LogP contribution < -0.4 is 15.0 Å². The summed E-state index contributed by atoms with van der Waals surface area (Å²) < 4.78 is 13.8. The van der Waals surface area contributed by atoms with Crippen LogP contribution in [0.1, 0.15) is 43.1 Å². The van der Waals surface area contributed by atoms with Crippen molar-refractivity contribution in [3.8, 4) is 11.5 Å². The third kappa shape index (κ3) is 5.59. The maximum atomic E-state index is 13.5. The highest BCUT2D eigenvalue weighted by Crippen LogP contribution is 2.35. The maximum Gasteiger partial charge on any atom is 0.282 e. The number of halogens is 3. The van der Waals surface area contributed by atoms with E-state index in [0.717, 1.165) is 16.5 Å². The first-order chi connectivity index (χ1) is 17.3. The summed E-state index contributed by atoms with van der Waals surface area (Å²) in [6.45, 7) is 4.26. The van der Waals surface area contributed by atoms with Gasteiger partial charge in [0.25, 0.3) is 5.56 Å². The van der Waals surface area contributed by atoms with Crippen molar-refractivity contribution in [2.24, 2.45) is 5.10 Å².